The van der Waals surface area contributed by atoms with E-state index in [1.807, 2.05) is 6.07 Å². The van der Waals surface area contributed by atoms with Gasteiger partial charge in [-0.2, -0.15) is 0 Å². The standard InChI is InChI=1S/C19H22N2O4/c1-19(2,3)25-18(24)21-15-12-8-7-11-14(15)20-16(17(22)23)13-9-5-4-6-10-13/h4-12,16,20H,1-3H3,(H,21,24)(H,22,23)/t16-/m1/s1. The molecule has 0 aliphatic carbocycles. The fourth-order valence-corrected chi connectivity index (χ4v) is 2.22. The van der Waals surface area contributed by atoms with Crippen LogP contribution in [-0.2, 0) is 9.53 Å². The van der Waals surface area contributed by atoms with Gasteiger partial charge in [0.15, 0.2) is 6.04 Å². The molecule has 0 fully saturated rings. The van der Waals surface area contributed by atoms with Crippen LogP contribution in [0, 0.1) is 0 Å². The lowest BCUT2D eigenvalue weighted by molar-refractivity contribution is -0.138. The highest BCUT2D eigenvalue weighted by atomic mass is 16.6. The molecule has 1 atom stereocenters. The quantitative estimate of drug-likeness (QED) is 0.755. The summed E-state index contributed by atoms with van der Waals surface area (Å²) in [6, 6.07) is 14.8. The van der Waals surface area contributed by atoms with Crippen molar-refractivity contribution in [3.63, 3.8) is 0 Å². The Morgan fingerprint density at radius 2 is 1.52 bits per heavy atom. The number of rotatable bonds is 5. The second kappa shape index (κ2) is 7.70. The molecule has 25 heavy (non-hydrogen) atoms. The topological polar surface area (TPSA) is 87.7 Å². The van der Waals surface area contributed by atoms with Crippen molar-refractivity contribution < 1.29 is 19.4 Å². The van der Waals surface area contributed by atoms with Crippen LogP contribution in [-0.4, -0.2) is 22.8 Å². The minimum absolute atomic E-state index is 0.443. The van der Waals surface area contributed by atoms with Crippen LogP contribution in [0.1, 0.15) is 32.4 Å². The molecule has 0 radical (unpaired) electrons. The molecular formula is C19H22N2O4. The summed E-state index contributed by atoms with van der Waals surface area (Å²) in [6.07, 6.45) is -0.603. The Kier molecular flexibility index (Phi) is 5.64. The SMILES string of the molecule is CC(C)(C)OC(=O)Nc1ccccc1N[C@@H](C(=O)O)c1ccccc1. The van der Waals surface area contributed by atoms with E-state index in [9.17, 15) is 14.7 Å². The molecule has 6 nitrogen and oxygen atoms in total. The summed E-state index contributed by atoms with van der Waals surface area (Å²) in [5.41, 5.74) is 0.922. The van der Waals surface area contributed by atoms with Gasteiger partial charge >= 0.3 is 12.1 Å². The molecule has 2 aromatic rings. The number of carboxylic acids is 1. The number of para-hydroxylation sites is 2. The first-order chi connectivity index (χ1) is 11.8. The van der Waals surface area contributed by atoms with Gasteiger partial charge in [0, 0.05) is 0 Å². The number of anilines is 2. The zero-order chi connectivity index (χ0) is 18.4. The Balaban J connectivity index is 2.22. The predicted molar refractivity (Wildman–Crippen MR) is 96.7 cm³/mol. The first-order valence-electron chi connectivity index (χ1n) is 7.89. The summed E-state index contributed by atoms with van der Waals surface area (Å²) in [4.78, 5) is 23.6. The summed E-state index contributed by atoms with van der Waals surface area (Å²) in [5.74, 6) is -1.02. The fraction of sp³-hybridized carbons (Fsp3) is 0.263. The number of benzene rings is 2. The Morgan fingerprint density at radius 1 is 0.960 bits per heavy atom. The van der Waals surface area contributed by atoms with Gasteiger partial charge in [0.2, 0.25) is 0 Å². The molecule has 0 unspecified atom stereocenters. The second-order valence-corrected chi connectivity index (χ2v) is 6.50. The largest absolute Gasteiger partial charge is 0.479 e. The number of ether oxygens (including phenoxy) is 1. The molecule has 0 spiro atoms. The molecule has 3 N–H and O–H groups in total. The van der Waals surface area contributed by atoms with E-state index in [2.05, 4.69) is 10.6 Å². The average Bonchev–Trinajstić information content (AvgIpc) is 2.52. The van der Waals surface area contributed by atoms with Gasteiger partial charge in [-0.15, -0.1) is 0 Å². The summed E-state index contributed by atoms with van der Waals surface area (Å²) in [5, 5.41) is 15.1. The van der Waals surface area contributed by atoms with Crippen molar-refractivity contribution >= 4 is 23.4 Å². The van der Waals surface area contributed by atoms with E-state index in [0.717, 1.165) is 0 Å². The van der Waals surface area contributed by atoms with Gasteiger partial charge in [-0.3, -0.25) is 5.32 Å². The lowest BCUT2D eigenvalue weighted by atomic mass is 10.1. The van der Waals surface area contributed by atoms with E-state index in [0.29, 0.717) is 16.9 Å². The van der Waals surface area contributed by atoms with E-state index in [4.69, 9.17) is 4.74 Å². The zero-order valence-corrected chi connectivity index (χ0v) is 14.4. The summed E-state index contributed by atoms with van der Waals surface area (Å²) < 4.78 is 5.24. The molecule has 132 valence electrons. The van der Waals surface area contributed by atoms with Gasteiger partial charge in [0.1, 0.15) is 5.60 Å². The number of carbonyl (C=O) groups is 2. The molecule has 0 saturated heterocycles. The normalized spacial score (nSPS) is 12.1. The Morgan fingerprint density at radius 3 is 2.08 bits per heavy atom. The van der Waals surface area contributed by atoms with Crippen molar-refractivity contribution in [2.75, 3.05) is 10.6 Å². The van der Waals surface area contributed by atoms with Crippen LogP contribution >= 0.6 is 0 Å². The Hall–Kier alpha value is -3.02. The first kappa shape index (κ1) is 18.3. The van der Waals surface area contributed by atoms with E-state index < -0.39 is 23.7 Å². The van der Waals surface area contributed by atoms with E-state index in [1.54, 1.807) is 69.3 Å². The van der Waals surface area contributed by atoms with Gasteiger partial charge in [-0.05, 0) is 38.5 Å². The molecule has 0 aliphatic heterocycles. The minimum atomic E-state index is -1.02. The Labute approximate surface area is 146 Å². The molecule has 6 heteroatoms. The first-order valence-corrected chi connectivity index (χ1v) is 7.89. The third-order valence-corrected chi connectivity index (χ3v) is 3.24. The van der Waals surface area contributed by atoms with E-state index >= 15 is 0 Å². The van der Waals surface area contributed by atoms with Crippen molar-refractivity contribution in [3.8, 4) is 0 Å². The number of hydrogen-bond acceptors (Lipinski definition) is 4. The molecule has 0 aliphatic rings. The van der Waals surface area contributed by atoms with Crippen molar-refractivity contribution in [3.05, 3.63) is 60.2 Å². The van der Waals surface area contributed by atoms with Crippen LogP contribution in [0.2, 0.25) is 0 Å². The van der Waals surface area contributed by atoms with Gasteiger partial charge < -0.3 is 15.2 Å². The maximum atomic E-state index is 12.0. The summed E-state index contributed by atoms with van der Waals surface area (Å²) in [7, 11) is 0. The number of amides is 1. The summed E-state index contributed by atoms with van der Waals surface area (Å²) in [6.45, 7) is 5.31. The molecular weight excluding hydrogens is 320 g/mol. The van der Waals surface area contributed by atoms with Crippen LogP contribution < -0.4 is 10.6 Å². The van der Waals surface area contributed by atoms with Crippen molar-refractivity contribution in [1.29, 1.82) is 0 Å². The minimum Gasteiger partial charge on any atom is -0.479 e. The number of carbonyl (C=O) groups excluding carboxylic acids is 1. The lowest BCUT2D eigenvalue weighted by Gasteiger charge is -2.22. The lowest BCUT2D eigenvalue weighted by Crippen LogP contribution is -2.28. The highest BCUT2D eigenvalue weighted by Crippen LogP contribution is 2.27. The van der Waals surface area contributed by atoms with E-state index in [-0.39, 0.29) is 0 Å². The molecule has 0 aromatic heterocycles. The van der Waals surface area contributed by atoms with Crippen LogP contribution in [0.25, 0.3) is 0 Å². The van der Waals surface area contributed by atoms with Crippen LogP contribution in [0.3, 0.4) is 0 Å². The number of nitrogens with one attached hydrogen (secondary N) is 2. The molecule has 0 bridgehead atoms. The van der Waals surface area contributed by atoms with Crippen LogP contribution in [0.15, 0.2) is 54.6 Å². The van der Waals surface area contributed by atoms with Gasteiger partial charge in [-0.25, -0.2) is 9.59 Å². The Bertz CT molecular complexity index is 739. The highest BCUT2D eigenvalue weighted by Gasteiger charge is 2.22. The molecule has 0 saturated carbocycles. The fourth-order valence-electron chi connectivity index (χ4n) is 2.22. The molecule has 2 aromatic carbocycles. The van der Waals surface area contributed by atoms with Crippen molar-refractivity contribution in [2.24, 2.45) is 0 Å². The third kappa shape index (κ3) is 5.53. The maximum absolute atomic E-state index is 12.0. The van der Waals surface area contributed by atoms with Crippen molar-refractivity contribution in [2.45, 2.75) is 32.4 Å². The third-order valence-electron chi connectivity index (χ3n) is 3.24. The predicted octanol–water partition coefficient (Wildman–Crippen LogP) is 4.27. The summed E-state index contributed by atoms with van der Waals surface area (Å²) >= 11 is 0. The molecule has 0 heterocycles. The van der Waals surface area contributed by atoms with E-state index in [1.165, 1.54) is 0 Å². The number of hydrogen-bond donors (Lipinski definition) is 3. The second-order valence-electron chi connectivity index (χ2n) is 6.50. The zero-order valence-electron chi connectivity index (χ0n) is 14.4. The van der Waals surface area contributed by atoms with Gasteiger partial charge in [0.05, 0.1) is 11.4 Å². The molecule has 1 amide bonds. The number of aliphatic carboxylic acids is 1. The highest BCUT2D eigenvalue weighted by molar-refractivity contribution is 5.91. The number of carboxylic acid groups (broad SMARTS) is 1. The van der Waals surface area contributed by atoms with Gasteiger partial charge in [0.25, 0.3) is 0 Å². The van der Waals surface area contributed by atoms with Crippen LogP contribution in [0.4, 0.5) is 16.2 Å². The monoisotopic (exact) mass is 342 g/mol. The smallest absolute Gasteiger partial charge is 0.412 e. The van der Waals surface area contributed by atoms with Crippen LogP contribution in [0.5, 0.6) is 0 Å². The maximum Gasteiger partial charge on any atom is 0.412 e. The van der Waals surface area contributed by atoms with Crippen molar-refractivity contribution in [1.82, 2.24) is 0 Å². The van der Waals surface area contributed by atoms with Gasteiger partial charge in [-0.1, -0.05) is 42.5 Å². The average molecular weight is 342 g/mol. The molecule has 2 rings (SSSR count).